The molecular weight excluding hydrogens is 280 g/mol. The van der Waals surface area contributed by atoms with Gasteiger partial charge in [-0.15, -0.1) is 0 Å². The lowest BCUT2D eigenvalue weighted by Crippen LogP contribution is -2.68. The zero-order valence-corrected chi connectivity index (χ0v) is 12.2. The van der Waals surface area contributed by atoms with Gasteiger partial charge in [-0.25, -0.2) is 0 Å². The lowest BCUT2D eigenvalue weighted by molar-refractivity contribution is 0.0935. The summed E-state index contributed by atoms with van der Waals surface area (Å²) in [4.78, 5) is 0. The number of guanidine groups is 2. The van der Waals surface area contributed by atoms with E-state index in [1.807, 2.05) is 0 Å². The average molecular weight is 300 g/mol. The summed E-state index contributed by atoms with van der Waals surface area (Å²) in [5.74, 6) is 1.85. The molecule has 3 fully saturated rings. The van der Waals surface area contributed by atoms with Crippen molar-refractivity contribution in [2.45, 2.75) is 43.7 Å². The van der Waals surface area contributed by atoms with Crippen molar-refractivity contribution in [1.29, 1.82) is 21.3 Å². The minimum absolute atomic E-state index is 0.00208. The predicted octanol–water partition coefficient (Wildman–Crippen LogP) is 0.124. The molecule has 0 saturated heterocycles. The van der Waals surface area contributed by atoms with E-state index in [2.05, 4.69) is 21.3 Å². The van der Waals surface area contributed by atoms with E-state index < -0.39 is 0 Å². The van der Waals surface area contributed by atoms with Gasteiger partial charge in [0, 0.05) is 0 Å². The van der Waals surface area contributed by atoms with Crippen molar-refractivity contribution in [1.82, 2.24) is 21.3 Å². The van der Waals surface area contributed by atoms with Crippen molar-refractivity contribution in [3.63, 3.8) is 0 Å². The minimum atomic E-state index is -0.328. The standard InChI is InChI=1S/C14H20N8/c15-6-19-12(17)21-11-9-3-8-1-2-14(11,5-10(8)4-9)22-13(18)20-7-16/h8-11H,1-5H2,(H3,17,19,21)(H3,18,20,22). The number of nitriles is 2. The van der Waals surface area contributed by atoms with Crippen molar-refractivity contribution in [3.05, 3.63) is 0 Å². The van der Waals surface area contributed by atoms with Gasteiger partial charge in [-0.05, 0) is 49.9 Å². The Hall–Kier alpha value is -2.48. The Labute approximate surface area is 129 Å². The molecule has 6 N–H and O–H groups in total. The molecule has 5 atom stereocenters. The Morgan fingerprint density at radius 2 is 1.68 bits per heavy atom. The second-order valence-corrected chi connectivity index (χ2v) is 6.62. The molecule has 3 bridgehead atoms. The fourth-order valence-electron chi connectivity index (χ4n) is 4.91. The molecule has 3 rings (SSSR count). The molecule has 22 heavy (non-hydrogen) atoms. The van der Waals surface area contributed by atoms with Crippen LogP contribution in [-0.2, 0) is 0 Å². The van der Waals surface area contributed by atoms with Gasteiger partial charge < -0.3 is 10.6 Å². The zero-order valence-electron chi connectivity index (χ0n) is 12.2. The highest BCUT2D eigenvalue weighted by molar-refractivity contribution is 5.80. The number of rotatable bonds is 2. The molecule has 3 saturated carbocycles. The van der Waals surface area contributed by atoms with Crippen molar-refractivity contribution in [3.8, 4) is 12.4 Å². The molecule has 0 heterocycles. The summed E-state index contributed by atoms with van der Waals surface area (Å²) in [6, 6.07) is -0.00885. The van der Waals surface area contributed by atoms with Gasteiger partial charge in [-0.2, -0.15) is 10.5 Å². The highest BCUT2D eigenvalue weighted by atomic mass is 15.2. The van der Waals surface area contributed by atoms with Crippen molar-refractivity contribution in [2.75, 3.05) is 0 Å². The third kappa shape index (κ3) is 2.31. The fourth-order valence-corrected chi connectivity index (χ4v) is 4.91. The first-order chi connectivity index (χ1) is 10.6. The first kappa shape index (κ1) is 14.5. The second-order valence-electron chi connectivity index (χ2n) is 6.62. The summed E-state index contributed by atoms with van der Waals surface area (Å²) in [5.41, 5.74) is -0.328. The number of nitrogens with one attached hydrogen (secondary N) is 6. The number of nitrogens with zero attached hydrogens (tertiary/aromatic N) is 2. The summed E-state index contributed by atoms with van der Waals surface area (Å²) < 4.78 is 0. The topological polar surface area (TPSA) is 143 Å². The molecule has 0 spiro atoms. The average Bonchev–Trinajstić information content (AvgIpc) is 2.77. The highest BCUT2D eigenvalue weighted by Gasteiger charge is 2.58. The van der Waals surface area contributed by atoms with Crippen molar-refractivity contribution >= 4 is 11.9 Å². The van der Waals surface area contributed by atoms with Crippen molar-refractivity contribution in [2.24, 2.45) is 17.8 Å². The van der Waals surface area contributed by atoms with Crippen molar-refractivity contribution < 1.29 is 0 Å². The molecule has 3 aliphatic rings. The SMILES string of the molecule is N#CNC(=N)NC1C2CC3CCC1(NC(=N)NC#N)CC3C2. The van der Waals surface area contributed by atoms with Crippen LogP contribution in [0.2, 0.25) is 0 Å². The maximum absolute atomic E-state index is 8.69. The summed E-state index contributed by atoms with van der Waals surface area (Å²) in [6.07, 6.45) is 8.80. The van der Waals surface area contributed by atoms with Crippen LogP contribution in [0.15, 0.2) is 0 Å². The Balaban J connectivity index is 1.83. The van der Waals surface area contributed by atoms with E-state index in [0.717, 1.165) is 38.0 Å². The van der Waals surface area contributed by atoms with Crippen LogP contribution in [0.25, 0.3) is 0 Å². The van der Waals surface area contributed by atoms with E-state index in [9.17, 15) is 0 Å². The van der Waals surface area contributed by atoms with Crippen LogP contribution >= 0.6 is 0 Å². The number of hydrogen-bond donors (Lipinski definition) is 6. The van der Waals surface area contributed by atoms with Gasteiger partial charge >= 0.3 is 0 Å². The van der Waals surface area contributed by atoms with Gasteiger partial charge in [0.2, 0.25) is 11.9 Å². The quantitative estimate of drug-likeness (QED) is 0.185. The summed E-state index contributed by atoms with van der Waals surface area (Å²) in [6.45, 7) is 0. The molecule has 0 aromatic rings. The molecule has 8 heteroatoms. The van der Waals surface area contributed by atoms with Crippen LogP contribution in [0.4, 0.5) is 0 Å². The van der Waals surface area contributed by atoms with Gasteiger partial charge in [0.05, 0.1) is 11.6 Å². The lowest BCUT2D eigenvalue weighted by atomic mass is 9.64. The van der Waals surface area contributed by atoms with E-state index in [4.69, 9.17) is 21.3 Å². The molecule has 116 valence electrons. The zero-order chi connectivity index (χ0) is 15.7. The van der Waals surface area contributed by atoms with E-state index in [1.54, 1.807) is 12.4 Å². The van der Waals surface area contributed by atoms with E-state index in [0.29, 0.717) is 11.8 Å². The Kier molecular flexibility index (Phi) is 3.53. The lowest BCUT2D eigenvalue weighted by Gasteiger charge is -2.51. The summed E-state index contributed by atoms with van der Waals surface area (Å²) in [7, 11) is 0. The van der Waals surface area contributed by atoms with Gasteiger partial charge in [-0.1, -0.05) is 0 Å². The first-order valence-electron chi connectivity index (χ1n) is 7.60. The largest absolute Gasteiger partial charge is 0.350 e. The molecule has 0 aliphatic heterocycles. The molecule has 0 aromatic heterocycles. The number of fused-ring (bicyclic) bond motifs is 2. The van der Waals surface area contributed by atoms with Gasteiger partial charge in [-0.3, -0.25) is 21.5 Å². The van der Waals surface area contributed by atoms with Crippen LogP contribution in [0.3, 0.4) is 0 Å². The van der Waals surface area contributed by atoms with Crippen LogP contribution in [-0.4, -0.2) is 23.5 Å². The van der Waals surface area contributed by atoms with Crippen LogP contribution in [0, 0.1) is 51.5 Å². The smallest absolute Gasteiger partial charge is 0.202 e. The van der Waals surface area contributed by atoms with E-state index in [-0.39, 0.29) is 23.5 Å². The molecule has 5 unspecified atom stereocenters. The Morgan fingerprint density at radius 3 is 2.41 bits per heavy atom. The molecule has 0 amide bonds. The fraction of sp³-hybridized carbons (Fsp3) is 0.714. The number of hydrogen-bond acceptors (Lipinski definition) is 4. The van der Waals surface area contributed by atoms with Crippen LogP contribution in [0.1, 0.15) is 32.1 Å². The van der Waals surface area contributed by atoms with Crippen LogP contribution < -0.4 is 21.3 Å². The first-order valence-corrected chi connectivity index (χ1v) is 7.60. The molecule has 0 radical (unpaired) electrons. The van der Waals surface area contributed by atoms with E-state index >= 15 is 0 Å². The second kappa shape index (κ2) is 5.38. The van der Waals surface area contributed by atoms with E-state index in [1.165, 1.54) is 0 Å². The highest BCUT2D eigenvalue weighted by Crippen LogP contribution is 2.56. The third-order valence-electron chi connectivity index (χ3n) is 5.57. The predicted molar refractivity (Wildman–Crippen MR) is 79.3 cm³/mol. The third-order valence-corrected chi connectivity index (χ3v) is 5.57. The van der Waals surface area contributed by atoms with Crippen LogP contribution in [0.5, 0.6) is 0 Å². The van der Waals surface area contributed by atoms with Gasteiger partial charge in [0.25, 0.3) is 0 Å². The molecule has 3 aliphatic carbocycles. The maximum atomic E-state index is 8.69. The monoisotopic (exact) mass is 300 g/mol. The molecular formula is C14H20N8. The normalized spacial score (nSPS) is 37.5. The molecule has 8 nitrogen and oxygen atoms in total. The summed E-state index contributed by atoms with van der Waals surface area (Å²) in [5, 5.41) is 44.1. The molecule has 0 aromatic carbocycles. The summed E-state index contributed by atoms with van der Waals surface area (Å²) >= 11 is 0. The Bertz CT molecular complexity index is 572. The maximum Gasteiger partial charge on any atom is 0.202 e. The van der Waals surface area contributed by atoms with Gasteiger partial charge in [0.15, 0.2) is 12.4 Å². The Morgan fingerprint density at radius 1 is 1.00 bits per heavy atom. The van der Waals surface area contributed by atoms with Gasteiger partial charge in [0.1, 0.15) is 0 Å². The minimum Gasteiger partial charge on any atom is -0.350 e.